The Morgan fingerprint density at radius 2 is 1.94 bits per heavy atom. The summed E-state index contributed by atoms with van der Waals surface area (Å²) in [4.78, 5) is 34.8. The predicted molar refractivity (Wildman–Crippen MR) is 115 cm³/mol. The van der Waals surface area contributed by atoms with E-state index >= 15 is 0 Å². The summed E-state index contributed by atoms with van der Waals surface area (Å²) in [6.07, 6.45) is 4.97. The number of benzene rings is 1. The van der Waals surface area contributed by atoms with Crippen molar-refractivity contribution in [1.82, 2.24) is 14.5 Å². The van der Waals surface area contributed by atoms with E-state index in [0.29, 0.717) is 43.3 Å². The van der Waals surface area contributed by atoms with Gasteiger partial charge in [0, 0.05) is 25.7 Å². The predicted octanol–water partition coefficient (Wildman–Crippen LogP) is 4.37. The highest BCUT2D eigenvalue weighted by atomic mass is 19.1. The van der Waals surface area contributed by atoms with E-state index in [-0.39, 0.29) is 23.9 Å². The number of imide groups is 1. The molecule has 7 nitrogen and oxygen atoms in total. The molecule has 3 heterocycles. The number of hydrogen-bond donors (Lipinski definition) is 0. The van der Waals surface area contributed by atoms with Gasteiger partial charge in [0.05, 0.1) is 0 Å². The molecule has 0 bridgehead atoms. The molecule has 1 fully saturated rings. The molecular formula is C23H29FN4O3. The molecule has 1 aromatic carbocycles. The van der Waals surface area contributed by atoms with E-state index in [1.54, 1.807) is 16.7 Å². The topological polar surface area (TPSA) is 67.7 Å². The van der Waals surface area contributed by atoms with Crippen LogP contribution >= 0.6 is 0 Å². The van der Waals surface area contributed by atoms with Crippen molar-refractivity contribution in [2.24, 2.45) is 0 Å². The first-order valence-electron chi connectivity index (χ1n) is 11.2. The maximum Gasteiger partial charge on any atom is 0.304 e. The van der Waals surface area contributed by atoms with E-state index in [1.807, 2.05) is 11.8 Å². The number of ether oxygens (including phenoxy) is 1. The second-order valence-electron chi connectivity index (χ2n) is 8.13. The van der Waals surface area contributed by atoms with E-state index in [2.05, 4.69) is 11.9 Å². The van der Waals surface area contributed by atoms with Gasteiger partial charge in [0.25, 0.3) is 11.8 Å². The monoisotopic (exact) mass is 428 g/mol. The minimum atomic E-state index is -0.405. The fourth-order valence-corrected chi connectivity index (χ4v) is 4.28. The Hall–Kier alpha value is -2.90. The van der Waals surface area contributed by atoms with Crippen molar-refractivity contribution in [3.8, 4) is 11.8 Å². The molecule has 2 aliphatic heterocycles. The fourth-order valence-electron chi connectivity index (χ4n) is 4.28. The van der Waals surface area contributed by atoms with Gasteiger partial charge in [-0.2, -0.15) is 4.98 Å². The second kappa shape index (κ2) is 9.08. The Morgan fingerprint density at radius 1 is 1.16 bits per heavy atom. The molecule has 0 spiro atoms. The average Bonchev–Trinajstić information content (AvgIpc) is 3.35. The van der Waals surface area contributed by atoms with E-state index in [4.69, 9.17) is 4.74 Å². The summed E-state index contributed by atoms with van der Waals surface area (Å²) in [5.74, 6) is -0.0357. The molecule has 4 rings (SSSR count). The number of anilines is 1. The fraction of sp³-hybridized carbons (Fsp3) is 0.522. The van der Waals surface area contributed by atoms with Gasteiger partial charge in [-0.05, 0) is 37.8 Å². The molecule has 166 valence electrons. The molecule has 0 unspecified atom stereocenters. The molecule has 0 radical (unpaired) electrons. The number of carbonyl (C=O) groups excluding carboxylic acids is 2. The van der Waals surface area contributed by atoms with Crippen molar-refractivity contribution >= 4 is 17.6 Å². The Bertz CT molecular complexity index is 974. The normalized spacial score (nSPS) is 18.2. The number of hydrogen-bond acceptors (Lipinski definition) is 5. The summed E-state index contributed by atoms with van der Waals surface area (Å²) in [7, 11) is 0. The van der Waals surface area contributed by atoms with Gasteiger partial charge in [0.1, 0.15) is 17.6 Å². The number of nitrogens with zero attached hydrogens (tertiary/aromatic N) is 4. The number of amides is 2. The zero-order valence-corrected chi connectivity index (χ0v) is 18.1. The first kappa shape index (κ1) is 21.3. The van der Waals surface area contributed by atoms with Crippen LogP contribution in [-0.2, 0) is 11.3 Å². The van der Waals surface area contributed by atoms with Crippen molar-refractivity contribution in [2.75, 3.05) is 18.0 Å². The summed E-state index contributed by atoms with van der Waals surface area (Å²) < 4.78 is 21.4. The van der Waals surface area contributed by atoms with Crippen LogP contribution in [0.2, 0.25) is 0 Å². The highest BCUT2D eigenvalue weighted by molar-refractivity contribution is 6.11. The highest BCUT2D eigenvalue weighted by Crippen LogP contribution is 2.37. The summed E-state index contributed by atoms with van der Waals surface area (Å²) in [6.45, 7) is 5.71. The number of imidazole rings is 1. The summed E-state index contributed by atoms with van der Waals surface area (Å²) in [5, 5.41) is 0. The third kappa shape index (κ3) is 4.03. The van der Waals surface area contributed by atoms with Crippen LogP contribution in [0, 0.1) is 5.82 Å². The number of rotatable bonds is 8. The summed E-state index contributed by atoms with van der Waals surface area (Å²) >= 11 is 0. The van der Waals surface area contributed by atoms with Gasteiger partial charge >= 0.3 is 6.01 Å². The first-order chi connectivity index (χ1) is 15.0. The number of aromatic nitrogens is 2. The maximum atomic E-state index is 13.7. The number of carbonyl (C=O) groups is 2. The Balaban J connectivity index is 1.81. The van der Waals surface area contributed by atoms with Gasteiger partial charge in [-0.3, -0.25) is 19.1 Å². The van der Waals surface area contributed by atoms with Crippen LogP contribution in [0.5, 0.6) is 11.8 Å². The first-order valence-corrected chi connectivity index (χ1v) is 11.2. The SMILES string of the molecule is CCCCN1C(=O)c2c(nc(Oc3cccc(F)c3)n2CCCC)N2CCC[C@H]2C1=O. The van der Waals surface area contributed by atoms with Crippen LogP contribution in [0.25, 0.3) is 0 Å². The quantitative estimate of drug-likeness (QED) is 0.584. The second-order valence-corrected chi connectivity index (χ2v) is 8.13. The standard InChI is InChI=1S/C23H29FN4O3/c1-3-5-12-27-19-20(25-23(27)31-17-10-7-9-16(24)15-17)26-14-8-11-18(26)21(29)28(22(19)30)13-6-4-2/h7,9-10,15,18H,3-6,8,11-14H2,1-2H3/t18-/m0/s1. The minimum Gasteiger partial charge on any atom is -0.425 e. The van der Waals surface area contributed by atoms with Crippen LogP contribution in [0.15, 0.2) is 24.3 Å². The van der Waals surface area contributed by atoms with Gasteiger partial charge in [-0.25, -0.2) is 4.39 Å². The van der Waals surface area contributed by atoms with Crippen molar-refractivity contribution in [3.63, 3.8) is 0 Å². The van der Waals surface area contributed by atoms with E-state index in [1.165, 1.54) is 17.0 Å². The van der Waals surface area contributed by atoms with Crippen molar-refractivity contribution in [1.29, 1.82) is 0 Å². The zero-order chi connectivity index (χ0) is 22.0. The third-order valence-corrected chi connectivity index (χ3v) is 5.91. The molecule has 2 amide bonds. The largest absolute Gasteiger partial charge is 0.425 e. The van der Waals surface area contributed by atoms with Crippen LogP contribution in [0.3, 0.4) is 0 Å². The average molecular weight is 429 g/mol. The lowest BCUT2D eigenvalue weighted by Gasteiger charge is -2.25. The number of unbranched alkanes of at least 4 members (excludes halogenated alkanes) is 2. The molecule has 1 aromatic heterocycles. The van der Waals surface area contributed by atoms with E-state index < -0.39 is 5.82 Å². The van der Waals surface area contributed by atoms with Gasteiger partial charge in [0.15, 0.2) is 11.5 Å². The molecule has 31 heavy (non-hydrogen) atoms. The molecule has 0 aliphatic carbocycles. The zero-order valence-electron chi connectivity index (χ0n) is 18.1. The van der Waals surface area contributed by atoms with E-state index in [0.717, 1.165) is 32.1 Å². The molecule has 0 saturated carbocycles. The lowest BCUT2D eigenvalue weighted by Crippen LogP contribution is -2.46. The molecule has 8 heteroatoms. The number of fused-ring (bicyclic) bond motifs is 3. The third-order valence-electron chi connectivity index (χ3n) is 5.91. The van der Waals surface area contributed by atoms with Crippen molar-refractivity contribution in [3.05, 3.63) is 35.8 Å². The molecule has 2 aromatic rings. The number of halogens is 1. The molecule has 0 N–H and O–H groups in total. The van der Waals surface area contributed by atoms with Crippen molar-refractivity contribution in [2.45, 2.75) is 65.0 Å². The minimum absolute atomic E-state index is 0.136. The molecule has 1 atom stereocenters. The molecule has 1 saturated heterocycles. The van der Waals surface area contributed by atoms with E-state index in [9.17, 15) is 14.0 Å². The van der Waals surface area contributed by atoms with Gasteiger partial charge < -0.3 is 9.64 Å². The summed E-state index contributed by atoms with van der Waals surface area (Å²) in [5.41, 5.74) is 0.397. The van der Waals surface area contributed by atoms with Gasteiger partial charge in [-0.15, -0.1) is 0 Å². The van der Waals surface area contributed by atoms with Gasteiger partial charge in [0.2, 0.25) is 0 Å². The lowest BCUT2D eigenvalue weighted by molar-refractivity contribution is -0.129. The Labute approximate surface area is 181 Å². The maximum absolute atomic E-state index is 13.7. The van der Waals surface area contributed by atoms with Crippen molar-refractivity contribution < 1.29 is 18.7 Å². The molecule has 2 aliphatic rings. The van der Waals surface area contributed by atoms with Crippen LogP contribution in [0.1, 0.15) is 62.9 Å². The Morgan fingerprint density at radius 3 is 2.68 bits per heavy atom. The van der Waals surface area contributed by atoms with Crippen LogP contribution in [-0.4, -0.2) is 45.4 Å². The highest BCUT2D eigenvalue weighted by Gasteiger charge is 2.45. The molecular weight excluding hydrogens is 399 g/mol. The summed E-state index contributed by atoms with van der Waals surface area (Å²) in [6, 6.07) is 5.75. The smallest absolute Gasteiger partial charge is 0.304 e. The van der Waals surface area contributed by atoms with Gasteiger partial charge in [-0.1, -0.05) is 32.8 Å². The lowest BCUT2D eigenvalue weighted by atomic mass is 10.2. The Kier molecular flexibility index (Phi) is 6.25. The van der Waals surface area contributed by atoms with Crippen LogP contribution in [0.4, 0.5) is 10.2 Å². The van der Waals surface area contributed by atoms with Crippen LogP contribution < -0.4 is 9.64 Å².